The first-order valence-electron chi connectivity index (χ1n) is 12.7. The summed E-state index contributed by atoms with van der Waals surface area (Å²) < 4.78 is 34.2. The largest absolute Gasteiger partial charge is 0.496 e. The molecule has 4 aromatic rings. The Balaban J connectivity index is 1.58. The standard InChI is InChI=1S/C29H29ClF2N3O2PS/c1-37-23-8-2-16(18-11-20(32)14-34-13-18)10-19(23)15-35(22-6-4-21(33)5-7-22)29(36)28-26(30)25-17(12-31)3-9-24(38)27(25)39-28/h2-3,8-11,13-14,21-22H,4-7,12,15,33,38H2,1H3. The maximum Gasteiger partial charge on any atom is 0.266 e. The molecule has 5 nitrogen and oxygen atoms in total. The Bertz CT molecular complexity index is 1520. The molecular formula is C29H29ClF2N3O2PS. The van der Waals surface area contributed by atoms with Crippen LogP contribution in [0.15, 0.2) is 48.8 Å². The zero-order valence-electron chi connectivity index (χ0n) is 21.4. The molecule has 2 aromatic heterocycles. The van der Waals surface area contributed by atoms with Gasteiger partial charge in [0.1, 0.15) is 23.1 Å². The number of nitrogens with zero attached hydrogens (tertiary/aromatic N) is 2. The summed E-state index contributed by atoms with van der Waals surface area (Å²) in [6.07, 6.45) is 5.89. The molecule has 1 amide bonds. The van der Waals surface area contributed by atoms with Crippen LogP contribution in [0.1, 0.15) is 46.5 Å². The van der Waals surface area contributed by atoms with Gasteiger partial charge in [0.15, 0.2) is 0 Å². The monoisotopic (exact) mass is 587 g/mol. The molecule has 10 heteroatoms. The number of halogens is 3. The first-order valence-corrected chi connectivity index (χ1v) is 14.5. The number of thiophene rings is 1. The Kier molecular flexibility index (Phi) is 8.48. The van der Waals surface area contributed by atoms with Crippen LogP contribution in [0.5, 0.6) is 5.75 Å². The maximum absolute atomic E-state index is 14.3. The number of carbonyl (C=O) groups excluding carboxylic acids is 1. The number of ether oxygens (including phenoxy) is 1. The third kappa shape index (κ3) is 5.66. The molecule has 1 aliphatic rings. The lowest BCUT2D eigenvalue weighted by Gasteiger charge is -2.36. The molecule has 0 bridgehead atoms. The number of nitrogens with two attached hydrogens (primary N) is 1. The topological polar surface area (TPSA) is 68.5 Å². The summed E-state index contributed by atoms with van der Waals surface area (Å²) >= 11 is 8.08. The van der Waals surface area contributed by atoms with Crippen LogP contribution in [0.4, 0.5) is 8.78 Å². The van der Waals surface area contributed by atoms with Crippen molar-refractivity contribution in [3.05, 3.63) is 75.6 Å². The van der Waals surface area contributed by atoms with E-state index in [4.69, 9.17) is 22.1 Å². The summed E-state index contributed by atoms with van der Waals surface area (Å²) in [5.74, 6) is -0.0284. The first-order chi connectivity index (χ1) is 18.8. The van der Waals surface area contributed by atoms with Crippen LogP contribution in [-0.2, 0) is 13.2 Å². The molecule has 2 N–H and O–H groups in total. The molecule has 2 heterocycles. The minimum Gasteiger partial charge on any atom is -0.496 e. The van der Waals surface area contributed by atoms with E-state index >= 15 is 0 Å². The van der Waals surface area contributed by atoms with E-state index in [2.05, 4.69) is 14.2 Å². The fraction of sp³-hybridized carbons (Fsp3) is 0.310. The number of aromatic nitrogens is 1. The number of methoxy groups -OCH3 is 1. The summed E-state index contributed by atoms with van der Waals surface area (Å²) in [6.45, 7) is -0.415. The minimum atomic E-state index is -0.672. The number of hydrogen-bond donors (Lipinski definition) is 1. The van der Waals surface area contributed by atoms with Crippen LogP contribution >= 0.6 is 32.2 Å². The fourth-order valence-electron chi connectivity index (χ4n) is 5.24. The van der Waals surface area contributed by atoms with Gasteiger partial charge in [-0.15, -0.1) is 20.6 Å². The number of hydrogen-bond acceptors (Lipinski definition) is 5. The summed E-state index contributed by atoms with van der Waals surface area (Å²) in [5.41, 5.74) is 8.81. The molecule has 2 aromatic carbocycles. The average Bonchev–Trinajstić information content (AvgIpc) is 3.30. The lowest BCUT2D eigenvalue weighted by Crippen LogP contribution is -2.43. The summed E-state index contributed by atoms with van der Waals surface area (Å²) in [5, 5.41) is 1.73. The van der Waals surface area contributed by atoms with E-state index < -0.39 is 12.5 Å². The van der Waals surface area contributed by atoms with E-state index in [9.17, 15) is 13.6 Å². The molecule has 0 aliphatic heterocycles. The summed E-state index contributed by atoms with van der Waals surface area (Å²) in [6, 6.07) is 10.6. The number of alkyl halides is 1. The second-order valence-corrected chi connectivity index (χ2v) is 11.8. The van der Waals surface area contributed by atoms with Gasteiger partial charge >= 0.3 is 0 Å². The van der Waals surface area contributed by atoms with E-state index in [-0.39, 0.29) is 29.6 Å². The van der Waals surface area contributed by atoms with Crippen molar-refractivity contribution >= 4 is 53.5 Å². The quantitative estimate of drug-likeness (QED) is 0.246. The van der Waals surface area contributed by atoms with Crippen molar-refractivity contribution < 1.29 is 18.3 Å². The van der Waals surface area contributed by atoms with Crippen molar-refractivity contribution in [1.82, 2.24) is 9.88 Å². The van der Waals surface area contributed by atoms with Crippen molar-refractivity contribution in [2.24, 2.45) is 5.73 Å². The Morgan fingerprint density at radius 3 is 2.62 bits per heavy atom. The number of fused-ring (bicyclic) bond motifs is 1. The smallest absolute Gasteiger partial charge is 0.266 e. The molecule has 0 saturated heterocycles. The molecule has 0 spiro atoms. The zero-order valence-corrected chi connectivity index (χ0v) is 24.2. The van der Waals surface area contributed by atoms with Crippen LogP contribution in [0, 0.1) is 5.82 Å². The van der Waals surface area contributed by atoms with E-state index in [0.717, 1.165) is 53.0 Å². The first kappa shape index (κ1) is 27.9. The van der Waals surface area contributed by atoms with E-state index in [1.54, 1.807) is 19.4 Å². The Morgan fingerprint density at radius 1 is 1.15 bits per heavy atom. The average molecular weight is 588 g/mol. The van der Waals surface area contributed by atoms with Gasteiger partial charge in [-0.25, -0.2) is 8.78 Å². The Labute approximate surface area is 237 Å². The molecule has 1 atom stereocenters. The van der Waals surface area contributed by atoms with Crippen LogP contribution in [-0.4, -0.2) is 35.0 Å². The van der Waals surface area contributed by atoms with Crippen molar-refractivity contribution in [2.75, 3.05) is 7.11 Å². The third-order valence-electron chi connectivity index (χ3n) is 7.34. The molecule has 39 heavy (non-hydrogen) atoms. The molecule has 1 fully saturated rings. The van der Waals surface area contributed by atoms with E-state index in [0.29, 0.717) is 27.1 Å². The maximum atomic E-state index is 14.3. The SMILES string of the molecule is COc1ccc(-c2cncc(F)c2)cc1CN(C(=O)c1sc2c(P)ccc(CF)c2c1Cl)C1CCC(N)CC1. The second kappa shape index (κ2) is 11.8. The molecule has 5 rings (SSSR count). The van der Waals surface area contributed by atoms with Gasteiger partial charge in [0.2, 0.25) is 0 Å². The molecule has 1 unspecified atom stereocenters. The van der Waals surface area contributed by atoms with Crippen LogP contribution < -0.4 is 15.8 Å². The predicted molar refractivity (Wildman–Crippen MR) is 157 cm³/mol. The number of pyridine rings is 1. The number of benzene rings is 2. The molecule has 0 radical (unpaired) electrons. The highest BCUT2D eigenvalue weighted by Gasteiger charge is 2.32. The lowest BCUT2D eigenvalue weighted by atomic mass is 9.90. The normalized spacial score (nSPS) is 17.4. The highest BCUT2D eigenvalue weighted by atomic mass is 35.5. The van der Waals surface area contributed by atoms with Crippen molar-refractivity contribution in [3.63, 3.8) is 0 Å². The predicted octanol–water partition coefficient (Wildman–Crippen LogP) is 6.65. The minimum absolute atomic E-state index is 0.0566. The zero-order chi connectivity index (χ0) is 27.7. The van der Waals surface area contributed by atoms with Gasteiger partial charge in [-0.1, -0.05) is 29.8 Å². The summed E-state index contributed by atoms with van der Waals surface area (Å²) in [4.78, 5) is 20.4. The number of rotatable bonds is 7. The molecule has 1 saturated carbocycles. The van der Waals surface area contributed by atoms with Crippen LogP contribution in [0.3, 0.4) is 0 Å². The molecule has 1 aliphatic carbocycles. The number of carbonyl (C=O) groups is 1. The van der Waals surface area contributed by atoms with Crippen molar-refractivity contribution in [1.29, 1.82) is 0 Å². The van der Waals surface area contributed by atoms with Gasteiger partial charge in [0, 0.05) is 46.0 Å². The fourth-order valence-corrected chi connectivity index (χ4v) is 7.25. The van der Waals surface area contributed by atoms with Gasteiger partial charge < -0.3 is 15.4 Å². The second-order valence-electron chi connectivity index (χ2n) is 9.82. The van der Waals surface area contributed by atoms with Crippen molar-refractivity contribution in [3.8, 4) is 16.9 Å². The summed E-state index contributed by atoms with van der Waals surface area (Å²) in [7, 11) is 4.22. The van der Waals surface area contributed by atoms with E-state index in [1.807, 2.05) is 29.2 Å². The van der Waals surface area contributed by atoms with Gasteiger partial charge in [-0.3, -0.25) is 9.78 Å². The van der Waals surface area contributed by atoms with Gasteiger partial charge in [0.25, 0.3) is 5.91 Å². The van der Waals surface area contributed by atoms with Crippen LogP contribution in [0.2, 0.25) is 5.02 Å². The molecule has 204 valence electrons. The van der Waals surface area contributed by atoms with Gasteiger partial charge in [-0.05, 0) is 60.3 Å². The van der Waals surface area contributed by atoms with Gasteiger partial charge in [0.05, 0.1) is 18.3 Å². The van der Waals surface area contributed by atoms with Crippen LogP contribution in [0.25, 0.3) is 21.2 Å². The number of amides is 1. The Morgan fingerprint density at radius 2 is 1.92 bits per heavy atom. The third-order valence-corrected chi connectivity index (χ3v) is 9.75. The highest BCUT2D eigenvalue weighted by molar-refractivity contribution is 7.33. The van der Waals surface area contributed by atoms with Crippen molar-refractivity contribution in [2.45, 2.75) is 51.0 Å². The van der Waals surface area contributed by atoms with E-state index in [1.165, 1.54) is 17.4 Å². The molecular weight excluding hydrogens is 559 g/mol. The lowest BCUT2D eigenvalue weighted by molar-refractivity contribution is 0.0610. The van der Waals surface area contributed by atoms with Gasteiger partial charge in [-0.2, -0.15) is 0 Å². The highest BCUT2D eigenvalue weighted by Crippen LogP contribution is 2.40. The Hall–Kier alpha value is -2.64.